The number of fused-ring (bicyclic) bond motifs is 1. The van der Waals surface area contributed by atoms with E-state index in [9.17, 15) is 9.90 Å². The first-order chi connectivity index (χ1) is 8.63. The number of carbonyl (C=O) groups is 1. The van der Waals surface area contributed by atoms with Gasteiger partial charge in [0.15, 0.2) is 0 Å². The number of para-hydroxylation sites is 1. The molecule has 2 aromatic rings. The SMILES string of the molecule is Cc1cc(C2(C(=O)O)CCC2)c2ccccc2n1. The van der Waals surface area contributed by atoms with Gasteiger partial charge in [0.05, 0.1) is 10.9 Å². The van der Waals surface area contributed by atoms with Crippen molar-refractivity contribution in [1.29, 1.82) is 0 Å². The van der Waals surface area contributed by atoms with E-state index >= 15 is 0 Å². The van der Waals surface area contributed by atoms with Gasteiger partial charge in [0, 0.05) is 11.1 Å². The van der Waals surface area contributed by atoms with Crippen molar-refractivity contribution < 1.29 is 9.90 Å². The van der Waals surface area contributed by atoms with Crippen molar-refractivity contribution in [1.82, 2.24) is 4.98 Å². The van der Waals surface area contributed by atoms with Crippen LogP contribution in [0.5, 0.6) is 0 Å². The Balaban J connectivity index is 2.31. The molecule has 1 N–H and O–H groups in total. The maximum atomic E-state index is 11.6. The number of aromatic nitrogens is 1. The van der Waals surface area contributed by atoms with Crippen LogP contribution in [0.2, 0.25) is 0 Å². The Morgan fingerprint density at radius 3 is 2.67 bits per heavy atom. The number of nitrogens with zero attached hydrogens (tertiary/aromatic N) is 1. The third-order valence-electron chi connectivity index (χ3n) is 3.98. The summed E-state index contributed by atoms with van der Waals surface area (Å²) in [4.78, 5) is 16.1. The molecule has 0 atom stereocenters. The van der Waals surface area contributed by atoms with Crippen LogP contribution in [0.4, 0.5) is 0 Å². The molecule has 1 aliphatic rings. The van der Waals surface area contributed by atoms with Crippen LogP contribution in [0.15, 0.2) is 30.3 Å². The van der Waals surface area contributed by atoms with Gasteiger partial charge in [0.1, 0.15) is 0 Å². The van der Waals surface area contributed by atoms with Crippen molar-refractivity contribution in [2.75, 3.05) is 0 Å². The zero-order valence-electron chi connectivity index (χ0n) is 10.3. The van der Waals surface area contributed by atoms with Crippen molar-refractivity contribution in [2.45, 2.75) is 31.6 Å². The van der Waals surface area contributed by atoms with Gasteiger partial charge in [0.25, 0.3) is 0 Å². The van der Waals surface area contributed by atoms with E-state index in [-0.39, 0.29) is 0 Å². The number of benzene rings is 1. The maximum absolute atomic E-state index is 11.6. The van der Waals surface area contributed by atoms with E-state index in [4.69, 9.17) is 0 Å². The van der Waals surface area contributed by atoms with Crippen molar-refractivity contribution >= 4 is 16.9 Å². The molecule has 0 amide bonds. The van der Waals surface area contributed by atoms with Crippen LogP contribution in [0.1, 0.15) is 30.5 Å². The van der Waals surface area contributed by atoms with Crippen molar-refractivity contribution in [3.8, 4) is 0 Å². The number of rotatable bonds is 2. The van der Waals surface area contributed by atoms with Crippen LogP contribution < -0.4 is 0 Å². The molecule has 3 nitrogen and oxygen atoms in total. The predicted octanol–water partition coefficient (Wildman–Crippen LogP) is 3.05. The van der Waals surface area contributed by atoms with Gasteiger partial charge in [-0.1, -0.05) is 24.6 Å². The van der Waals surface area contributed by atoms with Crippen LogP contribution in [0.25, 0.3) is 10.9 Å². The minimum atomic E-state index is -0.704. The first-order valence-electron chi connectivity index (χ1n) is 6.24. The molecule has 3 rings (SSSR count). The maximum Gasteiger partial charge on any atom is 0.314 e. The first-order valence-corrected chi connectivity index (χ1v) is 6.24. The zero-order chi connectivity index (χ0) is 12.8. The van der Waals surface area contributed by atoms with E-state index in [1.807, 2.05) is 37.3 Å². The number of aryl methyl sites for hydroxylation is 1. The number of hydrogen-bond acceptors (Lipinski definition) is 2. The quantitative estimate of drug-likeness (QED) is 0.879. The van der Waals surface area contributed by atoms with E-state index in [2.05, 4.69) is 4.98 Å². The van der Waals surface area contributed by atoms with Gasteiger partial charge >= 0.3 is 5.97 Å². The lowest BCUT2D eigenvalue weighted by molar-refractivity contribution is -0.147. The summed E-state index contributed by atoms with van der Waals surface area (Å²) in [5.74, 6) is -0.704. The van der Waals surface area contributed by atoms with Crippen LogP contribution in [-0.4, -0.2) is 16.1 Å². The highest BCUT2D eigenvalue weighted by molar-refractivity contribution is 5.92. The van der Waals surface area contributed by atoms with E-state index in [1.54, 1.807) is 0 Å². The summed E-state index contributed by atoms with van der Waals surface area (Å²) in [6.07, 6.45) is 2.45. The Labute approximate surface area is 105 Å². The largest absolute Gasteiger partial charge is 0.481 e. The Bertz CT molecular complexity index is 629. The fourth-order valence-electron chi connectivity index (χ4n) is 2.83. The molecule has 1 heterocycles. The fraction of sp³-hybridized carbons (Fsp3) is 0.333. The topological polar surface area (TPSA) is 50.2 Å². The summed E-state index contributed by atoms with van der Waals surface area (Å²) < 4.78 is 0. The highest BCUT2D eigenvalue weighted by Crippen LogP contribution is 2.46. The summed E-state index contributed by atoms with van der Waals surface area (Å²) in [7, 11) is 0. The highest BCUT2D eigenvalue weighted by atomic mass is 16.4. The Kier molecular flexibility index (Phi) is 2.37. The van der Waals surface area contributed by atoms with Crippen LogP contribution >= 0.6 is 0 Å². The van der Waals surface area contributed by atoms with Crippen molar-refractivity contribution in [3.63, 3.8) is 0 Å². The van der Waals surface area contributed by atoms with E-state index in [0.29, 0.717) is 0 Å². The van der Waals surface area contributed by atoms with E-state index in [1.165, 1.54) is 0 Å². The summed E-state index contributed by atoms with van der Waals surface area (Å²) >= 11 is 0. The van der Waals surface area contributed by atoms with Crippen LogP contribution in [-0.2, 0) is 10.2 Å². The number of hydrogen-bond donors (Lipinski definition) is 1. The number of pyridine rings is 1. The standard InChI is InChI=1S/C15H15NO2/c1-10-9-12(15(14(17)18)7-4-8-15)11-5-2-3-6-13(11)16-10/h2-3,5-6,9H,4,7-8H2,1H3,(H,17,18). The summed E-state index contributed by atoms with van der Waals surface area (Å²) in [6, 6.07) is 9.74. The Morgan fingerprint density at radius 2 is 2.06 bits per heavy atom. The van der Waals surface area contributed by atoms with Gasteiger partial charge in [-0.15, -0.1) is 0 Å². The zero-order valence-corrected chi connectivity index (χ0v) is 10.3. The molecule has 0 saturated heterocycles. The molecule has 1 fully saturated rings. The Hall–Kier alpha value is -1.90. The molecule has 18 heavy (non-hydrogen) atoms. The molecular formula is C15H15NO2. The smallest absolute Gasteiger partial charge is 0.314 e. The summed E-state index contributed by atoms with van der Waals surface area (Å²) in [5.41, 5.74) is 2.02. The molecule has 1 aromatic heterocycles. The minimum Gasteiger partial charge on any atom is -0.481 e. The van der Waals surface area contributed by atoms with E-state index < -0.39 is 11.4 Å². The van der Waals surface area contributed by atoms with Gasteiger partial charge in [-0.25, -0.2) is 0 Å². The lowest BCUT2D eigenvalue weighted by atomic mass is 9.63. The summed E-state index contributed by atoms with van der Waals surface area (Å²) in [5, 5.41) is 10.5. The molecule has 0 radical (unpaired) electrons. The molecular weight excluding hydrogens is 226 g/mol. The molecule has 0 bridgehead atoms. The second-order valence-electron chi connectivity index (χ2n) is 5.07. The van der Waals surface area contributed by atoms with E-state index in [0.717, 1.165) is 41.4 Å². The predicted molar refractivity (Wildman–Crippen MR) is 69.6 cm³/mol. The second kappa shape index (κ2) is 3.80. The van der Waals surface area contributed by atoms with Crippen molar-refractivity contribution in [2.24, 2.45) is 0 Å². The molecule has 3 heteroatoms. The van der Waals surface area contributed by atoms with Gasteiger partial charge in [-0.3, -0.25) is 9.78 Å². The lowest BCUT2D eigenvalue weighted by Crippen LogP contribution is -2.42. The lowest BCUT2D eigenvalue weighted by Gasteiger charge is -2.38. The second-order valence-corrected chi connectivity index (χ2v) is 5.07. The van der Waals surface area contributed by atoms with Gasteiger partial charge < -0.3 is 5.11 Å². The number of aliphatic carboxylic acids is 1. The Morgan fingerprint density at radius 1 is 1.33 bits per heavy atom. The average Bonchev–Trinajstić information content (AvgIpc) is 2.26. The molecule has 92 valence electrons. The van der Waals surface area contributed by atoms with Gasteiger partial charge in [-0.2, -0.15) is 0 Å². The molecule has 1 aliphatic carbocycles. The minimum absolute atomic E-state index is 0.687. The molecule has 1 aromatic carbocycles. The van der Waals surface area contributed by atoms with Gasteiger partial charge in [0.2, 0.25) is 0 Å². The third kappa shape index (κ3) is 1.43. The average molecular weight is 241 g/mol. The highest BCUT2D eigenvalue weighted by Gasteiger charge is 2.46. The molecule has 0 spiro atoms. The molecule has 0 aliphatic heterocycles. The van der Waals surface area contributed by atoms with Gasteiger partial charge in [-0.05, 0) is 37.5 Å². The van der Waals surface area contributed by atoms with Crippen LogP contribution in [0.3, 0.4) is 0 Å². The fourth-order valence-corrected chi connectivity index (χ4v) is 2.83. The normalized spacial score (nSPS) is 17.4. The molecule has 0 unspecified atom stereocenters. The van der Waals surface area contributed by atoms with Crippen molar-refractivity contribution in [3.05, 3.63) is 41.6 Å². The van der Waals surface area contributed by atoms with Crippen LogP contribution in [0, 0.1) is 6.92 Å². The monoisotopic (exact) mass is 241 g/mol. The first kappa shape index (κ1) is 11.2. The third-order valence-corrected chi connectivity index (χ3v) is 3.98. The summed E-state index contributed by atoms with van der Waals surface area (Å²) in [6.45, 7) is 1.92. The number of carboxylic acids is 1. The molecule has 1 saturated carbocycles. The number of carboxylic acid groups (broad SMARTS) is 1.